The van der Waals surface area contributed by atoms with Crippen LogP contribution in [0.2, 0.25) is 0 Å². The lowest BCUT2D eigenvalue weighted by Crippen LogP contribution is -2.17. The number of hydrogen-bond acceptors (Lipinski definition) is 6. The monoisotopic (exact) mass is 445 g/mol. The molecule has 0 radical (unpaired) electrons. The van der Waals surface area contributed by atoms with E-state index in [0.29, 0.717) is 17.5 Å². The number of benzene rings is 1. The first kappa shape index (κ1) is 20.9. The van der Waals surface area contributed by atoms with Crippen molar-refractivity contribution in [2.75, 3.05) is 22.5 Å². The second kappa shape index (κ2) is 9.23. The van der Waals surface area contributed by atoms with E-state index in [1.165, 1.54) is 28.5 Å². The SMILES string of the molecule is O=C(Nc1ccncc1F)c1cnc2c(NC3CC3)cc(NCCCc3ccccc3)nn12. The fraction of sp³-hybridized carbons (Fsp3) is 0.250. The standard InChI is InChI=1S/C24H24FN7O/c25-18-14-26-12-10-19(18)30-24(33)21-15-28-23-20(29-17-8-9-17)13-22(31-32(21)23)27-11-4-7-16-5-2-1-3-6-16/h1-3,5-6,10,12-15,17,29H,4,7-9,11H2,(H,27,31)(H,26,30,33). The summed E-state index contributed by atoms with van der Waals surface area (Å²) in [4.78, 5) is 21.0. The third-order valence-electron chi connectivity index (χ3n) is 5.45. The van der Waals surface area contributed by atoms with Gasteiger partial charge in [-0.3, -0.25) is 9.78 Å². The molecular formula is C24H24FN7O. The minimum absolute atomic E-state index is 0.0523. The average molecular weight is 446 g/mol. The van der Waals surface area contributed by atoms with Crippen LogP contribution in [0.1, 0.15) is 35.3 Å². The molecule has 0 spiro atoms. The second-order valence-corrected chi connectivity index (χ2v) is 8.07. The van der Waals surface area contributed by atoms with Crippen LogP contribution in [0.5, 0.6) is 0 Å². The number of hydrogen-bond donors (Lipinski definition) is 3. The number of halogens is 1. The van der Waals surface area contributed by atoms with Gasteiger partial charge in [0.15, 0.2) is 17.2 Å². The Kier molecular flexibility index (Phi) is 5.84. The molecule has 1 amide bonds. The van der Waals surface area contributed by atoms with E-state index in [0.717, 1.165) is 44.1 Å². The molecule has 1 aliphatic carbocycles. The van der Waals surface area contributed by atoms with Crippen molar-refractivity contribution < 1.29 is 9.18 Å². The number of nitrogens with zero attached hydrogens (tertiary/aromatic N) is 4. The second-order valence-electron chi connectivity index (χ2n) is 8.07. The van der Waals surface area contributed by atoms with Gasteiger partial charge in [-0.1, -0.05) is 30.3 Å². The van der Waals surface area contributed by atoms with E-state index in [1.807, 2.05) is 24.3 Å². The highest BCUT2D eigenvalue weighted by Crippen LogP contribution is 2.28. The maximum Gasteiger partial charge on any atom is 0.276 e. The molecule has 3 aromatic heterocycles. The molecule has 0 atom stereocenters. The fourth-order valence-electron chi connectivity index (χ4n) is 3.58. The van der Waals surface area contributed by atoms with Gasteiger partial charge in [-0.15, -0.1) is 5.10 Å². The summed E-state index contributed by atoms with van der Waals surface area (Å²) in [6.07, 6.45) is 8.02. The highest BCUT2D eigenvalue weighted by Gasteiger charge is 2.24. The van der Waals surface area contributed by atoms with Gasteiger partial charge >= 0.3 is 0 Å². The van der Waals surface area contributed by atoms with Crippen LogP contribution in [0.4, 0.5) is 21.6 Å². The number of carbonyl (C=O) groups is 1. The number of anilines is 3. The van der Waals surface area contributed by atoms with Crippen molar-refractivity contribution in [3.63, 3.8) is 0 Å². The van der Waals surface area contributed by atoms with Gasteiger partial charge in [0.05, 0.1) is 23.8 Å². The van der Waals surface area contributed by atoms with Gasteiger partial charge in [-0.2, -0.15) is 0 Å². The van der Waals surface area contributed by atoms with E-state index >= 15 is 0 Å². The first-order valence-corrected chi connectivity index (χ1v) is 11.0. The van der Waals surface area contributed by atoms with E-state index in [2.05, 4.69) is 43.1 Å². The predicted octanol–water partition coefficient (Wildman–Crippen LogP) is 4.13. The van der Waals surface area contributed by atoms with Crippen molar-refractivity contribution >= 4 is 28.7 Å². The lowest BCUT2D eigenvalue weighted by molar-refractivity contribution is 0.102. The van der Waals surface area contributed by atoms with Crippen LogP contribution in [-0.2, 0) is 6.42 Å². The zero-order valence-corrected chi connectivity index (χ0v) is 18.0. The van der Waals surface area contributed by atoms with E-state index in [4.69, 9.17) is 0 Å². The Morgan fingerprint density at radius 2 is 1.97 bits per heavy atom. The van der Waals surface area contributed by atoms with Crippen LogP contribution in [-0.4, -0.2) is 38.1 Å². The zero-order chi connectivity index (χ0) is 22.6. The number of nitrogens with one attached hydrogen (secondary N) is 3. The molecule has 4 aromatic rings. The number of amides is 1. The summed E-state index contributed by atoms with van der Waals surface area (Å²) in [5.74, 6) is -0.468. The molecule has 1 saturated carbocycles. The molecule has 3 N–H and O–H groups in total. The van der Waals surface area contributed by atoms with Crippen molar-refractivity contribution in [3.05, 3.63) is 78.1 Å². The minimum atomic E-state index is -0.607. The number of rotatable bonds is 9. The number of aryl methyl sites for hydroxylation is 1. The summed E-state index contributed by atoms with van der Waals surface area (Å²) in [5, 5.41) is 14.0. The van der Waals surface area contributed by atoms with Gasteiger partial charge in [0.1, 0.15) is 5.82 Å². The summed E-state index contributed by atoms with van der Waals surface area (Å²) < 4.78 is 15.4. The van der Waals surface area contributed by atoms with Crippen molar-refractivity contribution in [2.45, 2.75) is 31.7 Å². The van der Waals surface area contributed by atoms with Gasteiger partial charge in [-0.25, -0.2) is 13.9 Å². The quantitative estimate of drug-likeness (QED) is 0.335. The number of pyridine rings is 1. The maximum absolute atomic E-state index is 13.9. The molecule has 33 heavy (non-hydrogen) atoms. The van der Waals surface area contributed by atoms with E-state index in [-0.39, 0.29) is 11.4 Å². The van der Waals surface area contributed by atoms with Crippen LogP contribution in [0.25, 0.3) is 5.65 Å². The zero-order valence-electron chi connectivity index (χ0n) is 18.0. The summed E-state index contributed by atoms with van der Waals surface area (Å²) in [7, 11) is 0. The summed E-state index contributed by atoms with van der Waals surface area (Å²) >= 11 is 0. The van der Waals surface area contributed by atoms with Gasteiger partial charge in [0.25, 0.3) is 5.91 Å². The number of fused-ring (bicyclic) bond motifs is 1. The summed E-state index contributed by atoms with van der Waals surface area (Å²) in [5.41, 5.74) is 2.92. The smallest absolute Gasteiger partial charge is 0.276 e. The average Bonchev–Trinajstić information content (AvgIpc) is 3.54. The first-order valence-electron chi connectivity index (χ1n) is 11.0. The van der Waals surface area contributed by atoms with Crippen LogP contribution in [0.3, 0.4) is 0 Å². The largest absolute Gasteiger partial charge is 0.379 e. The highest BCUT2D eigenvalue weighted by atomic mass is 19.1. The third-order valence-corrected chi connectivity index (χ3v) is 5.45. The van der Waals surface area contributed by atoms with Crippen LogP contribution < -0.4 is 16.0 Å². The van der Waals surface area contributed by atoms with Crippen molar-refractivity contribution in [1.82, 2.24) is 19.6 Å². The van der Waals surface area contributed by atoms with E-state index in [9.17, 15) is 9.18 Å². The van der Waals surface area contributed by atoms with Gasteiger partial charge in [-0.05, 0) is 37.3 Å². The Labute approximate surface area is 190 Å². The Hall–Kier alpha value is -4.01. The third kappa shape index (κ3) is 4.92. The van der Waals surface area contributed by atoms with Crippen molar-refractivity contribution in [2.24, 2.45) is 0 Å². The molecule has 3 heterocycles. The molecule has 5 rings (SSSR count). The Bertz CT molecular complexity index is 1270. The maximum atomic E-state index is 13.9. The van der Waals surface area contributed by atoms with Gasteiger partial charge < -0.3 is 16.0 Å². The van der Waals surface area contributed by atoms with E-state index in [1.54, 1.807) is 0 Å². The predicted molar refractivity (Wildman–Crippen MR) is 125 cm³/mol. The number of carbonyl (C=O) groups excluding carboxylic acids is 1. The summed E-state index contributed by atoms with van der Waals surface area (Å²) in [6, 6.07) is 14.1. The molecule has 0 unspecified atom stereocenters. The first-order chi connectivity index (χ1) is 16.2. The lowest BCUT2D eigenvalue weighted by atomic mass is 10.1. The molecule has 0 bridgehead atoms. The van der Waals surface area contributed by atoms with E-state index < -0.39 is 11.7 Å². The lowest BCUT2D eigenvalue weighted by Gasteiger charge is -2.12. The Balaban J connectivity index is 1.36. The van der Waals surface area contributed by atoms with Crippen LogP contribution in [0.15, 0.2) is 61.1 Å². The van der Waals surface area contributed by atoms with Crippen LogP contribution in [0, 0.1) is 5.82 Å². The van der Waals surface area contributed by atoms with Crippen LogP contribution >= 0.6 is 0 Å². The van der Waals surface area contributed by atoms with Crippen molar-refractivity contribution in [1.29, 1.82) is 0 Å². The summed E-state index contributed by atoms with van der Waals surface area (Å²) in [6.45, 7) is 0.731. The molecule has 9 heteroatoms. The Morgan fingerprint density at radius 1 is 1.12 bits per heavy atom. The van der Waals surface area contributed by atoms with Gasteiger partial charge in [0, 0.05) is 24.8 Å². The number of aromatic nitrogens is 4. The molecular weight excluding hydrogens is 421 g/mol. The molecule has 1 fully saturated rings. The minimum Gasteiger partial charge on any atom is -0.379 e. The van der Waals surface area contributed by atoms with Gasteiger partial charge in [0.2, 0.25) is 0 Å². The Morgan fingerprint density at radius 3 is 2.76 bits per heavy atom. The highest BCUT2D eigenvalue weighted by molar-refractivity contribution is 6.03. The molecule has 1 aliphatic rings. The molecule has 1 aromatic carbocycles. The normalized spacial score (nSPS) is 13.1. The molecule has 168 valence electrons. The molecule has 0 saturated heterocycles. The number of imidazole rings is 1. The fourth-order valence-corrected chi connectivity index (χ4v) is 3.58. The van der Waals surface area contributed by atoms with Crippen molar-refractivity contribution in [3.8, 4) is 0 Å². The topological polar surface area (TPSA) is 96.2 Å². The molecule has 0 aliphatic heterocycles. The molecule has 8 nitrogen and oxygen atoms in total.